The van der Waals surface area contributed by atoms with Gasteiger partial charge in [0, 0.05) is 4.83 Å². The van der Waals surface area contributed by atoms with E-state index in [-0.39, 0.29) is 0 Å². The third kappa shape index (κ3) is 1.48. The highest BCUT2D eigenvalue weighted by Crippen LogP contribution is 2.32. The summed E-state index contributed by atoms with van der Waals surface area (Å²) in [5.74, 6) is 1.03. The summed E-state index contributed by atoms with van der Waals surface area (Å²) in [4.78, 5) is 0.840. The fraction of sp³-hybridized carbons (Fsp3) is 1.00. The Kier molecular flexibility index (Phi) is 2.36. The predicted molar refractivity (Wildman–Crippen MR) is 40.3 cm³/mol. The minimum absolute atomic E-state index is 0.840. The summed E-state index contributed by atoms with van der Waals surface area (Å²) in [7, 11) is 0. The molecule has 1 aliphatic carbocycles. The van der Waals surface area contributed by atoms with Gasteiger partial charge in [-0.05, 0) is 25.2 Å². The highest BCUT2D eigenvalue weighted by molar-refractivity contribution is 9.09. The zero-order chi connectivity index (χ0) is 5.98. The molecule has 48 valence electrons. The van der Waals surface area contributed by atoms with Gasteiger partial charge in [0.25, 0.3) is 0 Å². The molecule has 8 heavy (non-hydrogen) atoms. The van der Waals surface area contributed by atoms with E-state index in [2.05, 4.69) is 22.9 Å². The molecule has 0 saturated heterocycles. The predicted octanol–water partition coefficient (Wildman–Crippen LogP) is 2.96. The number of halogens is 1. The maximum Gasteiger partial charge on any atom is 0.0148 e. The first-order valence-corrected chi connectivity index (χ1v) is 4.38. The molecule has 0 aromatic heterocycles. The van der Waals surface area contributed by atoms with E-state index < -0.39 is 0 Å². The van der Waals surface area contributed by atoms with Crippen molar-refractivity contribution >= 4 is 15.9 Å². The van der Waals surface area contributed by atoms with Crippen LogP contribution >= 0.6 is 15.9 Å². The Hall–Kier alpha value is 0.480. The first-order chi connectivity index (χ1) is 3.83. The van der Waals surface area contributed by atoms with Gasteiger partial charge in [0.15, 0.2) is 0 Å². The van der Waals surface area contributed by atoms with Gasteiger partial charge in [-0.3, -0.25) is 0 Å². The van der Waals surface area contributed by atoms with E-state index in [1.807, 2.05) is 0 Å². The summed E-state index contributed by atoms with van der Waals surface area (Å²) in [6.07, 6.45) is 5.64. The maximum atomic E-state index is 3.62. The van der Waals surface area contributed by atoms with Crippen molar-refractivity contribution in [2.75, 3.05) is 0 Å². The molecule has 0 aromatic carbocycles. The molecule has 2 unspecified atom stereocenters. The molecular weight excluding hydrogens is 164 g/mol. The van der Waals surface area contributed by atoms with E-state index >= 15 is 0 Å². The van der Waals surface area contributed by atoms with Crippen LogP contribution in [0.15, 0.2) is 0 Å². The Bertz CT molecular complexity index is 70.8. The third-order valence-electron chi connectivity index (χ3n) is 2.05. The second kappa shape index (κ2) is 2.86. The molecule has 0 spiro atoms. The molecule has 1 saturated carbocycles. The first kappa shape index (κ1) is 6.60. The molecule has 0 aliphatic heterocycles. The van der Waals surface area contributed by atoms with Crippen molar-refractivity contribution in [3.8, 4) is 0 Å². The zero-order valence-electron chi connectivity index (χ0n) is 5.36. The van der Waals surface area contributed by atoms with Crippen molar-refractivity contribution in [2.24, 2.45) is 5.92 Å². The lowest BCUT2D eigenvalue weighted by Gasteiger charge is -2.01. The molecule has 0 amide bonds. The average molecular weight is 177 g/mol. The lowest BCUT2D eigenvalue weighted by Crippen LogP contribution is -1.91. The summed E-state index contributed by atoms with van der Waals surface area (Å²) in [5.41, 5.74) is 0. The van der Waals surface area contributed by atoms with Crippen molar-refractivity contribution in [1.29, 1.82) is 0 Å². The summed E-state index contributed by atoms with van der Waals surface area (Å²) in [6.45, 7) is 2.29. The molecule has 0 nitrogen and oxygen atoms in total. The fourth-order valence-electron chi connectivity index (χ4n) is 1.38. The monoisotopic (exact) mass is 176 g/mol. The van der Waals surface area contributed by atoms with E-state index in [1.54, 1.807) is 0 Å². The second-order valence-corrected chi connectivity index (χ2v) is 3.98. The molecule has 1 heteroatoms. The van der Waals surface area contributed by atoms with Gasteiger partial charge in [0.1, 0.15) is 0 Å². The topological polar surface area (TPSA) is 0 Å². The van der Waals surface area contributed by atoms with E-state index in [1.165, 1.54) is 25.7 Å². The smallest absolute Gasteiger partial charge is 0.0148 e. The Labute approximate surface area is 59.8 Å². The summed E-state index contributed by atoms with van der Waals surface area (Å²) in [5, 5.41) is 0. The van der Waals surface area contributed by atoms with Crippen LogP contribution in [0.4, 0.5) is 0 Å². The molecule has 1 aliphatic rings. The fourth-order valence-corrected chi connectivity index (χ4v) is 2.18. The molecule has 0 bridgehead atoms. The average Bonchev–Trinajstić information content (AvgIpc) is 2.14. The summed E-state index contributed by atoms with van der Waals surface area (Å²) >= 11 is 3.62. The van der Waals surface area contributed by atoms with Gasteiger partial charge < -0.3 is 0 Å². The minimum atomic E-state index is 0.840. The summed E-state index contributed by atoms with van der Waals surface area (Å²) in [6, 6.07) is 0. The third-order valence-corrected chi connectivity index (χ3v) is 2.89. The number of rotatable bonds is 1. The van der Waals surface area contributed by atoms with E-state index in [0.717, 1.165) is 10.7 Å². The van der Waals surface area contributed by atoms with E-state index in [9.17, 15) is 0 Å². The summed E-state index contributed by atoms with van der Waals surface area (Å²) < 4.78 is 0. The van der Waals surface area contributed by atoms with Gasteiger partial charge in [-0.15, -0.1) is 0 Å². The van der Waals surface area contributed by atoms with E-state index in [0.29, 0.717) is 0 Å². The van der Waals surface area contributed by atoms with Crippen LogP contribution in [0, 0.1) is 5.92 Å². The van der Waals surface area contributed by atoms with Crippen LogP contribution in [0.5, 0.6) is 0 Å². The van der Waals surface area contributed by atoms with Crippen LogP contribution in [-0.4, -0.2) is 4.83 Å². The van der Waals surface area contributed by atoms with Crippen LogP contribution in [0.1, 0.15) is 32.6 Å². The van der Waals surface area contributed by atoms with Gasteiger partial charge >= 0.3 is 0 Å². The molecule has 1 rings (SSSR count). The van der Waals surface area contributed by atoms with Crippen molar-refractivity contribution in [3.63, 3.8) is 0 Å². The van der Waals surface area contributed by atoms with Crippen LogP contribution in [0.2, 0.25) is 0 Å². The molecule has 0 heterocycles. The lowest BCUT2D eigenvalue weighted by molar-refractivity contribution is 0.532. The molecular formula is C7H13Br. The minimum Gasteiger partial charge on any atom is -0.0891 e. The van der Waals surface area contributed by atoms with Crippen molar-refractivity contribution in [2.45, 2.75) is 37.4 Å². The number of alkyl halides is 1. The zero-order valence-corrected chi connectivity index (χ0v) is 6.95. The van der Waals surface area contributed by atoms with Gasteiger partial charge in [-0.2, -0.15) is 0 Å². The Morgan fingerprint density at radius 1 is 1.50 bits per heavy atom. The molecule has 0 N–H and O–H groups in total. The highest BCUT2D eigenvalue weighted by atomic mass is 79.9. The van der Waals surface area contributed by atoms with Crippen molar-refractivity contribution in [1.82, 2.24) is 0 Å². The quantitative estimate of drug-likeness (QED) is 0.540. The lowest BCUT2D eigenvalue weighted by atomic mass is 10.1. The van der Waals surface area contributed by atoms with Crippen LogP contribution in [0.3, 0.4) is 0 Å². The number of hydrogen-bond donors (Lipinski definition) is 0. The van der Waals surface area contributed by atoms with Gasteiger partial charge in [-0.1, -0.05) is 29.3 Å². The van der Waals surface area contributed by atoms with Crippen molar-refractivity contribution < 1.29 is 0 Å². The van der Waals surface area contributed by atoms with Crippen molar-refractivity contribution in [3.05, 3.63) is 0 Å². The molecule has 2 atom stereocenters. The Morgan fingerprint density at radius 3 is 2.50 bits per heavy atom. The maximum absolute atomic E-state index is 3.62. The first-order valence-electron chi connectivity index (χ1n) is 3.47. The normalized spacial score (nSPS) is 38.2. The second-order valence-electron chi connectivity index (χ2n) is 2.68. The number of hydrogen-bond acceptors (Lipinski definition) is 0. The molecule has 1 fully saturated rings. The van der Waals surface area contributed by atoms with Crippen LogP contribution in [0.25, 0.3) is 0 Å². The van der Waals surface area contributed by atoms with Gasteiger partial charge in [0.2, 0.25) is 0 Å². The Morgan fingerprint density at radius 2 is 2.25 bits per heavy atom. The van der Waals surface area contributed by atoms with Crippen LogP contribution < -0.4 is 0 Å². The highest BCUT2D eigenvalue weighted by Gasteiger charge is 2.19. The SMILES string of the molecule is CCC1CCC(Br)C1. The Balaban J connectivity index is 2.22. The van der Waals surface area contributed by atoms with Gasteiger partial charge in [0.05, 0.1) is 0 Å². The standard InChI is InChI=1S/C7H13Br/c1-2-6-3-4-7(8)5-6/h6-7H,2-5H2,1H3. The van der Waals surface area contributed by atoms with Crippen LogP contribution in [-0.2, 0) is 0 Å². The van der Waals surface area contributed by atoms with E-state index in [4.69, 9.17) is 0 Å². The van der Waals surface area contributed by atoms with Gasteiger partial charge in [-0.25, -0.2) is 0 Å². The molecule has 0 radical (unpaired) electrons. The largest absolute Gasteiger partial charge is 0.0891 e. The molecule has 0 aromatic rings.